The second-order valence-corrected chi connectivity index (χ2v) is 12.9. The Bertz CT molecular complexity index is 1500. The second-order valence-electron chi connectivity index (χ2n) is 12.9. The van der Waals surface area contributed by atoms with Crippen molar-refractivity contribution in [2.45, 2.75) is 76.6 Å². The molecule has 3 atom stereocenters. The number of likely N-dealkylation sites (N-methyl/N-ethyl adjacent to an activating group) is 2. The van der Waals surface area contributed by atoms with Crippen LogP contribution >= 0.6 is 0 Å². The average molecular weight is 653 g/mol. The summed E-state index contributed by atoms with van der Waals surface area (Å²) in [6, 6.07) is 26.5. The number of hydrogen-bond donors (Lipinski definition) is 2. The summed E-state index contributed by atoms with van der Waals surface area (Å²) in [4.78, 5) is 47.6. The van der Waals surface area contributed by atoms with Crippen LogP contribution in [0.2, 0.25) is 0 Å². The molecule has 3 amide bonds. The topological polar surface area (TPSA) is 93.2 Å². The third-order valence-corrected chi connectivity index (χ3v) is 9.58. The first-order valence-electron chi connectivity index (χ1n) is 17.2. The van der Waals surface area contributed by atoms with Gasteiger partial charge in [-0.05, 0) is 61.9 Å². The van der Waals surface area contributed by atoms with E-state index < -0.39 is 18.2 Å². The minimum absolute atomic E-state index is 0.142. The standard InChI is InChI=1S/C40H52N4O4/c1-6-32(20-17-29(2)41-3)38(46)42(4)36(28-31-18-21-34(22-19-31)33-15-11-8-12-16-33)39(47)43(5)37(27-30-13-9-7-10-14-30)40(48)44-25-23-35(45)24-26-44/h7-16,18-22,29,35-37,41,45H,6,17,23-28H2,1-5H3/t29?,36-,37-/m1/s1. The van der Waals surface area contributed by atoms with E-state index in [0.29, 0.717) is 57.2 Å². The van der Waals surface area contributed by atoms with Crippen LogP contribution in [0, 0.1) is 0 Å². The van der Waals surface area contributed by atoms with E-state index in [0.717, 1.165) is 22.3 Å². The minimum Gasteiger partial charge on any atom is -0.393 e. The van der Waals surface area contributed by atoms with Crippen LogP contribution in [-0.4, -0.2) is 96.0 Å². The number of aliphatic hydroxyl groups excluding tert-OH is 1. The lowest BCUT2D eigenvalue weighted by Gasteiger charge is -2.38. The van der Waals surface area contributed by atoms with E-state index in [1.165, 1.54) is 0 Å². The number of rotatable bonds is 14. The quantitative estimate of drug-likeness (QED) is 0.236. The van der Waals surface area contributed by atoms with E-state index in [1.54, 1.807) is 28.8 Å². The fourth-order valence-corrected chi connectivity index (χ4v) is 6.18. The number of nitrogens with zero attached hydrogens (tertiary/aromatic N) is 3. The molecule has 0 aromatic heterocycles. The number of likely N-dealkylation sites (tertiary alicyclic amines) is 1. The lowest BCUT2D eigenvalue weighted by molar-refractivity contribution is -0.150. The van der Waals surface area contributed by atoms with Crippen LogP contribution in [0.25, 0.3) is 11.1 Å². The molecule has 4 rings (SSSR count). The highest BCUT2D eigenvalue weighted by Crippen LogP contribution is 2.23. The maximum absolute atomic E-state index is 14.7. The van der Waals surface area contributed by atoms with E-state index in [-0.39, 0.29) is 23.8 Å². The summed E-state index contributed by atoms with van der Waals surface area (Å²) in [5.41, 5.74) is 4.69. The van der Waals surface area contributed by atoms with Crippen LogP contribution in [0.1, 0.15) is 50.7 Å². The molecule has 0 saturated carbocycles. The Balaban J connectivity index is 1.67. The molecule has 8 nitrogen and oxygen atoms in total. The van der Waals surface area contributed by atoms with Crippen molar-refractivity contribution in [3.63, 3.8) is 0 Å². The molecule has 1 aliphatic rings. The Hall–Kier alpha value is -4.27. The van der Waals surface area contributed by atoms with Crippen LogP contribution in [0.15, 0.2) is 96.6 Å². The third-order valence-electron chi connectivity index (χ3n) is 9.58. The summed E-state index contributed by atoms with van der Waals surface area (Å²) >= 11 is 0. The van der Waals surface area contributed by atoms with Gasteiger partial charge in [0, 0.05) is 51.6 Å². The Morgan fingerprint density at radius 3 is 1.96 bits per heavy atom. The molecule has 3 aromatic rings. The second kappa shape index (κ2) is 17.8. The van der Waals surface area contributed by atoms with Gasteiger partial charge in [-0.3, -0.25) is 14.4 Å². The molecule has 0 radical (unpaired) electrons. The highest BCUT2D eigenvalue weighted by Gasteiger charge is 2.37. The van der Waals surface area contributed by atoms with Gasteiger partial charge in [0.15, 0.2) is 0 Å². The zero-order chi connectivity index (χ0) is 34.6. The van der Waals surface area contributed by atoms with Gasteiger partial charge in [-0.25, -0.2) is 0 Å². The number of aliphatic hydroxyl groups is 1. The predicted octanol–water partition coefficient (Wildman–Crippen LogP) is 5.11. The summed E-state index contributed by atoms with van der Waals surface area (Å²) in [6.45, 7) is 4.90. The van der Waals surface area contributed by atoms with E-state index in [4.69, 9.17) is 0 Å². The number of amides is 3. The fraction of sp³-hybridized carbons (Fsp3) is 0.425. The van der Waals surface area contributed by atoms with Crippen LogP contribution in [0.5, 0.6) is 0 Å². The first kappa shape index (κ1) is 36.6. The summed E-state index contributed by atoms with van der Waals surface area (Å²) in [7, 11) is 5.27. The molecular weight excluding hydrogens is 600 g/mol. The predicted molar refractivity (Wildman–Crippen MR) is 192 cm³/mol. The summed E-state index contributed by atoms with van der Waals surface area (Å²) in [5.74, 6) is -0.621. The lowest BCUT2D eigenvalue weighted by atomic mass is 9.97. The highest BCUT2D eigenvalue weighted by atomic mass is 16.3. The molecule has 0 aliphatic carbocycles. The van der Waals surface area contributed by atoms with Crippen molar-refractivity contribution in [1.29, 1.82) is 0 Å². The Morgan fingerprint density at radius 2 is 1.38 bits per heavy atom. The van der Waals surface area contributed by atoms with Crippen LogP contribution in [-0.2, 0) is 27.2 Å². The van der Waals surface area contributed by atoms with Gasteiger partial charge in [-0.2, -0.15) is 0 Å². The van der Waals surface area contributed by atoms with Crippen LogP contribution < -0.4 is 5.32 Å². The molecule has 256 valence electrons. The van der Waals surface area contributed by atoms with E-state index in [1.807, 2.05) is 92.8 Å². The first-order chi connectivity index (χ1) is 23.1. The molecule has 0 bridgehead atoms. The molecule has 8 heteroatoms. The fourth-order valence-electron chi connectivity index (χ4n) is 6.18. The largest absolute Gasteiger partial charge is 0.393 e. The first-order valence-corrected chi connectivity index (χ1v) is 17.2. The van der Waals surface area contributed by atoms with Gasteiger partial charge in [0.05, 0.1) is 6.10 Å². The molecule has 0 spiro atoms. The Morgan fingerprint density at radius 1 is 0.833 bits per heavy atom. The SMILES string of the molecule is CCC(=CCC(C)NC)C(=O)N(C)[C@H](Cc1ccc(-c2ccccc2)cc1)C(=O)N(C)[C@H](Cc1ccccc1)C(=O)N1CCC(O)CC1. The number of hydrogen-bond acceptors (Lipinski definition) is 5. The molecule has 1 heterocycles. The van der Waals surface area contributed by atoms with Gasteiger partial charge < -0.3 is 25.1 Å². The maximum atomic E-state index is 14.7. The molecule has 1 unspecified atom stereocenters. The van der Waals surface area contributed by atoms with Gasteiger partial charge >= 0.3 is 0 Å². The summed E-state index contributed by atoms with van der Waals surface area (Å²) < 4.78 is 0. The van der Waals surface area contributed by atoms with Crippen molar-refractivity contribution in [1.82, 2.24) is 20.0 Å². The minimum atomic E-state index is -0.837. The molecule has 3 aromatic carbocycles. The number of nitrogens with one attached hydrogen (secondary N) is 1. The van der Waals surface area contributed by atoms with E-state index in [9.17, 15) is 19.5 Å². The highest BCUT2D eigenvalue weighted by molar-refractivity contribution is 5.98. The number of carbonyl (C=O) groups excluding carboxylic acids is 3. The molecule has 1 saturated heterocycles. The summed E-state index contributed by atoms with van der Waals surface area (Å²) in [6.07, 6.45) is 4.44. The van der Waals surface area contributed by atoms with Gasteiger partial charge in [-0.15, -0.1) is 0 Å². The van der Waals surface area contributed by atoms with Gasteiger partial charge in [-0.1, -0.05) is 97.9 Å². The van der Waals surface area contributed by atoms with Crippen molar-refractivity contribution < 1.29 is 19.5 Å². The van der Waals surface area contributed by atoms with Gasteiger partial charge in [0.25, 0.3) is 0 Å². The molecular formula is C40H52N4O4. The lowest BCUT2D eigenvalue weighted by Crippen LogP contribution is -2.57. The van der Waals surface area contributed by atoms with Gasteiger partial charge in [0.2, 0.25) is 17.7 Å². The Labute approximate surface area is 286 Å². The van der Waals surface area contributed by atoms with Crippen molar-refractivity contribution in [3.05, 3.63) is 108 Å². The molecule has 1 aliphatic heterocycles. The zero-order valence-corrected chi connectivity index (χ0v) is 29.1. The average Bonchev–Trinajstić information content (AvgIpc) is 3.13. The smallest absolute Gasteiger partial charge is 0.249 e. The number of benzene rings is 3. The molecule has 1 fully saturated rings. The van der Waals surface area contributed by atoms with Crippen molar-refractivity contribution in [3.8, 4) is 11.1 Å². The van der Waals surface area contributed by atoms with Crippen LogP contribution in [0.4, 0.5) is 0 Å². The van der Waals surface area contributed by atoms with Crippen molar-refractivity contribution in [2.75, 3.05) is 34.2 Å². The van der Waals surface area contributed by atoms with Crippen molar-refractivity contribution in [2.24, 2.45) is 0 Å². The molecule has 2 N–H and O–H groups in total. The number of carbonyl (C=O) groups is 3. The maximum Gasteiger partial charge on any atom is 0.249 e. The normalized spacial score (nSPS) is 15.8. The third kappa shape index (κ3) is 9.64. The molecule has 48 heavy (non-hydrogen) atoms. The Kier molecular flexibility index (Phi) is 13.5. The van der Waals surface area contributed by atoms with Gasteiger partial charge in [0.1, 0.15) is 12.1 Å². The van der Waals surface area contributed by atoms with Crippen molar-refractivity contribution >= 4 is 17.7 Å². The summed E-state index contributed by atoms with van der Waals surface area (Å²) in [5, 5.41) is 13.3. The van der Waals surface area contributed by atoms with Crippen LogP contribution in [0.3, 0.4) is 0 Å². The zero-order valence-electron chi connectivity index (χ0n) is 29.1. The van der Waals surface area contributed by atoms with E-state index in [2.05, 4.69) is 24.4 Å². The monoisotopic (exact) mass is 652 g/mol. The number of piperidine rings is 1. The van der Waals surface area contributed by atoms with E-state index >= 15 is 0 Å².